The molecule has 160 valence electrons. The summed E-state index contributed by atoms with van der Waals surface area (Å²) < 4.78 is 67.0. The van der Waals surface area contributed by atoms with Crippen LogP contribution in [0.15, 0.2) is 40.8 Å². The number of hydrogen-bond acceptors (Lipinski definition) is 6. The molecule has 0 saturated heterocycles. The van der Waals surface area contributed by atoms with E-state index < -0.39 is 35.3 Å². The molecule has 1 aliphatic carbocycles. The first-order valence-electron chi connectivity index (χ1n) is 8.56. The molecule has 3 N–H and O–H groups in total. The molecule has 0 bridgehead atoms. The van der Waals surface area contributed by atoms with Crippen molar-refractivity contribution in [2.75, 3.05) is 12.4 Å². The van der Waals surface area contributed by atoms with Crippen LogP contribution in [-0.4, -0.2) is 51.5 Å². The third-order valence-corrected chi connectivity index (χ3v) is 4.53. The van der Waals surface area contributed by atoms with E-state index in [1.54, 1.807) is 0 Å². The largest absolute Gasteiger partial charge is 0.412 e. The highest BCUT2D eigenvalue weighted by Gasteiger charge is 2.65. The minimum absolute atomic E-state index is 0.0114. The van der Waals surface area contributed by atoms with Gasteiger partial charge < -0.3 is 11.1 Å². The van der Waals surface area contributed by atoms with Crippen LogP contribution in [0.3, 0.4) is 0 Å². The number of halogens is 5. The Morgan fingerprint density at radius 3 is 2.63 bits per heavy atom. The second-order valence-electron chi connectivity index (χ2n) is 6.47. The number of hydrogen-bond donors (Lipinski definition) is 2. The van der Waals surface area contributed by atoms with Crippen LogP contribution >= 0.6 is 0 Å². The molecule has 8 nitrogen and oxygen atoms in total. The lowest BCUT2D eigenvalue weighted by molar-refractivity contribution is -0.179. The van der Waals surface area contributed by atoms with E-state index >= 15 is 0 Å². The SMILES string of the molecule is CN=C/C(C(=O)Nc1cccc(-c2nncn2C2(C(F)(F)F)CC2)n1)=C(\N)C(F)F. The molecule has 3 rings (SSSR count). The van der Waals surface area contributed by atoms with Gasteiger partial charge in [0, 0.05) is 13.3 Å². The van der Waals surface area contributed by atoms with Crippen LogP contribution in [-0.2, 0) is 10.3 Å². The van der Waals surface area contributed by atoms with Crippen molar-refractivity contribution in [1.29, 1.82) is 0 Å². The van der Waals surface area contributed by atoms with E-state index in [4.69, 9.17) is 5.73 Å². The molecule has 1 saturated carbocycles. The molecule has 2 aromatic rings. The lowest BCUT2D eigenvalue weighted by atomic mass is 10.2. The number of aromatic nitrogens is 4. The minimum Gasteiger partial charge on any atom is -0.397 e. The molecule has 2 heterocycles. The van der Waals surface area contributed by atoms with E-state index in [2.05, 4.69) is 25.5 Å². The maximum atomic E-state index is 13.5. The van der Waals surface area contributed by atoms with Gasteiger partial charge in [0.1, 0.15) is 23.4 Å². The topological polar surface area (TPSA) is 111 Å². The molecule has 0 atom stereocenters. The summed E-state index contributed by atoms with van der Waals surface area (Å²) in [6.45, 7) is 0. The zero-order chi connectivity index (χ0) is 22.1. The number of amides is 1. The third-order valence-electron chi connectivity index (χ3n) is 4.53. The van der Waals surface area contributed by atoms with Crippen LogP contribution < -0.4 is 11.1 Å². The predicted octanol–water partition coefficient (Wildman–Crippen LogP) is 2.51. The zero-order valence-corrected chi connectivity index (χ0v) is 15.5. The summed E-state index contributed by atoms with van der Waals surface area (Å²) in [5, 5.41) is 9.57. The maximum Gasteiger partial charge on any atom is 0.412 e. The van der Waals surface area contributed by atoms with Gasteiger partial charge >= 0.3 is 6.18 Å². The van der Waals surface area contributed by atoms with Crippen molar-refractivity contribution in [3.63, 3.8) is 0 Å². The number of nitrogens with one attached hydrogen (secondary N) is 1. The van der Waals surface area contributed by atoms with Gasteiger partial charge in [-0.05, 0) is 25.0 Å². The van der Waals surface area contributed by atoms with Crippen LogP contribution in [0.2, 0.25) is 0 Å². The molecule has 0 spiro atoms. The highest BCUT2D eigenvalue weighted by Crippen LogP contribution is 2.56. The van der Waals surface area contributed by atoms with E-state index in [0.717, 1.165) is 17.1 Å². The molecule has 30 heavy (non-hydrogen) atoms. The fourth-order valence-electron chi connectivity index (χ4n) is 2.83. The van der Waals surface area contributed by atoms with Gasteiger partial charge in [-0.25, -0.2) is 13.8 Å². The smallest absolute Gasteiger partial charge is 0.397 e. The highest BCUT2D eigenvalue weighted by atomic mass is 19.4. The predicted molar refractivity (Wildman–Crippen MR) is 96.8 cm³/mol. The lowest BCUT2D eigenvalue weighted by Crippen LogP contribution is -2.35. The number of nitrogens with zero attached hydrogens (tertiary/aromatic N) is 5. The van der Waals surface area contributed by atoms with Crippen LogP contribution in [0.5, 0.6) is 0 Å². The number of nitrogens with two attached hydrogens (primary N) is 1. The average molecular weight is 429 g/mol. The Morgan fingerprint density at radius 2 is 2.07 bits per heavy atom. The summed E-state index contributed by atoms with van der Waals surface area (Å²) in [5.41, 5.74) is 1.64. The Morgan fingerprint density at radius 1 is 1.37 bits per heavy atom. The third kappa shape index (κ3) is 3.86. The van der Waals surface area contributed by atoms with Gasteiger partial charge in [-0.3, -0.25) is 14.4 Å². The molecule has 0 radical (unpaired) electrons. The fourth-order valence-corrected chi connectivity index (χ4v) is 2.83. The number of carbonyl (C=O) groups is 1. The van der Waals surface area contributed by atoms with E-state index in [0.29, 0.717) is 0 Å². The van der Waals surface area contributed by atoms with Crippen LogP contribution in [0.1, 0.15) is 12.8 Å². The van der Waals surface area contributed by atoms with Crippen molar-refractivity contribution in [3.8, 4) is 11.5 Å². The molecule has 0 aromatic carbocycles. The van der Waals surface area contributed by atoms with E-state index in [9.17, 15) is 26.7 Å². The second-order valence-corrected chi connectivity index (χ2v) is 6.47. The Hall–Kier alpha value is -3.38. The number of allylic oxidation sites excluding steroid dienone is 1. The summed E-state index contributed by atoms with van der Waals surface area (Å²) in [5.74, 6) is -1.25. The molecular weight excluding hydrogens is 413 g/mol. The van der Waals surface area contributed by atoms with Gasteiger partial charge in [0.15, 0.2) is 5.82 Å². The van der Waals surface area contributed by atoms with Gasteiger partial charge in [0.25, 0.3) is 12.3 Å². The van der Waals surface area contributed by atoms with Gasteiger partial charge in [-0.1, -0.05) is 6.07 Å². The molecule has 0 unspecified atom stereocenters. The van der Waals surface area contributed by atoms with Gasteiger partial charge in [0.05, 0.1) is 11.3 Å². The summed E-state index contributed by atoms with van der Waals surface area (Å²) in [6, 6.07) is 4.14. The van der Waals surface area contributed by atoms with E-state index in [-0.39, 0.29) is 30.2 Å². The van der Waals surface area contributed by atoms with Crippen molar-refractivity contribution >= 4 is 17.9 Å². The van der Waals surface area contributed by atoms with Crippen LogP contribution in [0, 0.1) is 0 Å². The lowest BCUT2D eigenvalue weighted by Gasteiger charge is -2.21. The fraction of sp³-hybridized carbons (Fsp3) is 0.353. The minimum atomic E-state index is -4.50. The normalized spacial score (nSPS) is 16.6. The summed E-state index contributed by atoms with van der Waals surface area (Å²) in [6.07, 6.45) is -5.96. The highest BCUT2D eigenvalue weighted by molar-refractivity contribution is 6.18. The average Bonchev–Trinajstić information content (AvgIpc) is 3.36. The molecule has 13 heteroatoms. The molecule has 0 aliphatic heterocycles. The van der Waals surface area contributed by atoms with E-state index in [1.807, 2.05) is 0 Å². The molecule has 2 aromatic heterocycles. The van der Waals surface area contributed by atoms with Crippen molar-refractivity contribution in [1.82, 2.24) is 19.7 Å². The Bertz CT molecular complexity index is 1010. The zero-order valence-electron chi connectivity index (χ0n) is 15.5. The quantitative estimate of drug-likeness (QED) is 0.417. The monoisotopic (exact) mass is 429 g/mol. The Balaban J connectivity index is 1.92. The number of alkyl halides is 5. The number of rotatable bonds is 6. The molecule has 1 aliphatic rings. The Labute approximate surface area is 166 Å². The first-order chi connectivity index (χ1) is 14.1. The van der Waals surface area contributed by atoms with Crippen LogP contribution in [0.4, 0.5) is 27.8 Å². The first kappa shape index (κ1) is 21.3. The van der Waals surface area contributed by atoms with Gasteiger partial charge in [-0.15, -0.1) is 10.2 Å². The first-order valence-corrected chi connectivity index (χ1v) is 8.56. The number of carbonyl (C=O) groups excluding carboxylic acids is 1. The van der Waals surface area contributed by atoms with Crippen LogP contribution in [0.25, 0.3) is 11.5 Å². The summed E-state index contributed by atoms with van der Waals surface area (Å²) >= 11 is 0. The van der Waals surface area contributed by atoms with Crippen molar-refractivity contribution in [2.24, 2.45) is 10.7 Å². The van der Waals surface area contributed by atoms with Gasteiger partial charge in [0.2, 0.25) is 0 Å². The summed E-state index contributed by atoms with van der Waals surface area (Å²) in [4.78, 5) is 19.9. The Kier molecular flexibility index (Phi) is 5.55. The van der Waals surface area contributed by atoms with Gasteiger partial charge in [-0.2, -0.15) is 13.2 Å². The van der Waals surface area contributed by atoms with Crippen molar-refractivity contribution < 1.29 is 26.7 Å². The summed E-state index contributed by atoms with van der Waals surface area (Å²) in [7, 11) is 1.27. The van der Waals surface area contributed by atoms with Crippen molar-refractivity contribution in [3.05, 3.63) is 35.8 Å². The van der Waals surface area contributed by atoms with E-state index in [1.165, 1.54) is 25.2 Å². The molecule has 1 fully saturated rings. The standard InChI is InChI=1S/C17H16F5N7O/c1-24-7-9(12(23)13(18)19)15(30)27-11-4-2-3-10(26-11)14-28-25-8-29(14)16(5-6-16)17(20,21)22/h2-4,7-8,13H,5-6,23H2,1H3,(H,26,27,30)/b12-9+,24-7?. The number of pyridine rings is 1. The number of aliphatic imine (C=N–C) groups is 1. The number of anilines is 1. The maximum absolute atomic E-state index is 13.5. The molecule has 1 amide bonds. The second kappa shape index (κ2) is 7.80. The molecular formula is C17H16F5N7O. The van der Waals surface area contributed by atoms with Crippen molar-refractivity contribution in [2.45, 2.75) is 31.0 Å².